The van der Waals surface area contributed by atoms with E-state index >= 15 is 0 Å². The number of alkyl halides is 3. The first-order chi connectivity index (χ1) is 22.4. The van der Waals surface area contributed by atoms with E-state index in [1.165, 1.54) is 24.9 Å². The molecule has 246 valence electrons. The van der Waals surface area contributed by atoms with Crippen LogP contribution in [0.1, 0.15) is 60.2 Å². The number of anilines is 1. The van der Waals surface area contributed by atoms with Crippen LogP contribution < -0.4 is 13.8 Å². The van der Waals surface area contributed by atoms with E-state index in [-0.39, 0.29) is 36.0 Å². The topological polar surface area (TPSA) is 128 Å². The van der Waals surface area contributed by atoms with Gasteiger partial charge in [0.15, 0.2) is 17.3 Å². The lowest BCUT2D eigenvalue weighted by Crippen LogP contribution is -2.44. The molecule has 0 unspecified atom stereocenters. The van der Waals surface area contributed by atoms with Gasteiger partial charge in [0.05, 0.1) is 32.5 Å². The van der Waals surface area contributed by atoms with Gasteiger partial charge < -0.3 is 18.9 Å². The van der Waals surface area contributed by atoms with Gasteiger partial charge in [0.1, 0.15) is 28.2 Å². The first-order valence-electron chi connectivity index (χ1n) is 15.3. The van der Waals surface area contributed by atoms with Gasteiger partial charge in [-0.1, -0.05) is 12.1 Å². The van der Waals surface area contributed by atoms with Crippen molar-refractivity contribution in [1.29, 1.82) is 0 Å². The van der Waals surface area contributed by atoms with Crippen LogP contribution in [0, 0.1) is 0 Å². The molecule has 0 bridgehead atoms. The smallest absolute Gasteiger partial charge is 0.434 e. The van der Waals surface area contributed by atoms with Gasteiger partial charge in [0.25, 0.3) is 0 Å². The average Bonchev–Trinajstić information content (AvgIpc) is 3.97. The molecule has 4 aliphatic rings. The fraction of sp³-hybridized carbons (Fsp3) is 0.452. The molecule has 0 radical (unpaired) electrons. The molecule has 0 N–H and O–H groups in total. The van der Waals surface area contributed by atoms with E-state index < -0.39 is 26.6 Å². The zero-order valence-electron chi connectivity index (χ0n) is 25.8. The number of ether oxygens (including phenoxy) is 2. The van der Waals surface area contributed by atoms with Crippen molar-refractivity contribution in [1.82, 2.24) is 34.4 Å². The third kappa shape index (κ3) is 4.66. The van der Waals surface area contributed by atoms with Crippen LogP contribution in [0.4, 0.5) is 19.0 Å². The summed E-state index contributed by atoms with van der Waals surface area (Å²) in [6.45, 7) is 1.08. The van der Waals surface area contributed by atoms with Crippen LogP contribution >= 0.6 is 0 Å². The molecule has 3 aromatic heterocycles. The van der Waals surface area contributed by atoms with Crippen molar-refractivity contribution in [2.24, 2.45) is 0 Å². The Hall–Kier alpha value is -4.31. The van der Waals surface area contributed by atoms with Crippen LogP contribution in [0.25, 0.3) is 22.8 Å². The van der Waals surface area contributed by atoms with Crippen molar-refractivity contribution >= 4 is 15.8 Å². The van der Waals surface area contributed by atoms with Crippen molar-refractivity contribution < 1.29 is 31.1 Å². The van der Waals surface area contributed by atoms with Gasteiger partial charge in [-0.05, 0) is 38.8 Å². The number of sulfonamides is 1. The molecule has 4 aromatic rings. The van der Waals surface area contributed by atoms with Gasteiger partial charge >= 0.3 is 6.18 Å². The molecule has 0 amide bonds. The Balaban J connectivity index is 1.19. The van der Waals surface area contributed by atoms with Crippen molar-refractivity contribution in [3.8, 4) is 34.4 Å². The first-order valence-corrected chi connectivity index (χ1v) is 16.7. The minimum absolute atomic E-state index is 0.107. The van der Waals surface area contributed by atoms with Crippen LogP contribution in [0.5, 0.6) is 11.6 Å². The largest absolute Gasteiger partial charge is 0.496 e. The zero-order valence-corrected chi connectivity index (χ0v) is 26.6. The quantitative estimate of drug-likeness (QED) is 0.264. The number of aromatic nitrogens is 6. The van der Waals surface area contributed by atoms with Crippen LogP contribution in [0.15, 0.2) is 36.9 Å². The summed E-state index contributed by atoms with van der Waals surface area (Å²) in [5.41, 5.74) is 1.81. The summed E-state index contributed by atoms with van der Waals surface area (Å²) in [6.07, 6.45) is 2.30. The lowest BCUT2D eigenvalue weighted by molar-refractivity contribution is -0.141. The molecule has 5 heterocycles. The minimum Gasteiger partial charge on any atom is -0.496 e. The summed E-state index contributed by atoms with van der Waals surface area (Å²) in [6, 6.07) is 4.76. The van der Waals surface area contributed by atoms with E-state index in [1.807, 2.05) is 11.9 Å². The number of halogens is 3. The standard InChI is InChI=1S/C31H31F3N8O4S/c1-40-13-20(14-40)41-15-23(31(32,33)34)38-27(41)18-6-7-19(22(10-18)45-2)12-42-28-21(30(8-9-30)47(42,43)44)11-35-26(39-28)24-25(17-4-5-17)36-16-37-29(24)46-3/h6-7,10-11,15-17,20H,4-5,8-9,12-14H2,1-3H3. The molecule has 12 nitrogen and oxygen atoms in total. The Labute approximate surface area is 268 Å². The number of rotatable bonds is 8. The molecule has 2 aliphatic heterocycles. The number of likely N-dealkylation sites (tertiary alicyclic amines) is 1. The van der Waals surface area contributed by atoms with Gasteiger partial charge in [-0.25, -0.2) is 37.6 Å². The Kier molecular flexibility index (Phi) is 6.61. The number of nitrogens with zero attached hydrogens (tertiary/aromatic N) is 8. The van der Waals surface area contributed by atoms with E-state index in [0.717, 1.165) is 24.7 Å². The van der Waals surface area contributed by atoms with Crippen molar-refractivity contribution in [3.63, 3.8) is 0 Å². The van der Waals surface area contributed by atoms with Gasteiger partial charge in [-0.3, -0.25) is 0 Å². The summed E-state index contributed by atoms with van der Waals surface area (Å²) in [4.78, 5) is 24.1. The summed E-state index contributed by atoms with van der Waals surface area (Å²) in [5, 5.41) is 0. The van der Waals surface area contributed by atoms with Gasteiger partial charge in [0.2, 0.25) is 15.9 Å². The molecular formula is C31H31F3N8O4S. The van der Waals surface area contributed by atoms with E-state index in [1.54, 1.807) is 29.0 Å². The maximum atomic E-state index is 14.1. The Morgan fingerprint density at radius 3 is 2.45 bits per heavy atom. The predicted molar refractivity (Wildman–Crippen MR) is 163 cm³/mol. The summed E-state index contributed by atoms with van der Waals surface area (Å²) < 4.78 is 82.3. The highest BCUT2D eigenvalue weighted by molar-refractivity contribution is 7.94. The molecule has 47 heavy (non-hydrogen) atoms. The van der Waals surface area contributed by atoms with Gasteiger partial charge in [-0.15, -0.1) is 0 Å². The lowest BCUT2D eigenvalue weighted by Gasteiger charge is -2.37. The van der Waals surface area contributed by atoms with E-state index in [0.29, 0.717) is 59.8 Å². The molecule has 2 saturated carbocycles. The number of methoxy groups -OCH3 is 2. The molecule has 1 saturated heterocycles. The van der Waals surface area contributed by atoms with Crippen molar-refractivity contribution in [2.75, 3.05) is 38.7 Å². The van der Waals surface area contributed by atoms with Crippen LogP contribution in [0.2, 0.25) is 0 Å². The second-order valence-electron chi connectivity index (χ2n) is 12.6. The fourth-order valence-electron chi connectivity index (χ4n) is 6.72. The summed E-state index contributed by atoms with van der Waals surface area (Å²) in [7, 11) is 0.946. The second kappa shape index (κ2) is 10.3. The van der Waals surface area contributed by atoms with Gasteiger partial charge in [0, 0.05) is 48.1 Å². The first kappa shape index (κ1) is 30.1. The number of imidazole rings is 1. The van der Waals surface area contributed by atoms with Gasteiger partial charge in [-0.2, -0.15) is 13.2 Å². The Morgan fingerprint density at radius 2 is 1.81 bits per heavy atom. The Morgan fingerprint density at radius 1 is 1.04 bits per heavy atom. The maximum Gasteiger partial charge on any atom is 0.434 e. The fourth-order valence-corrected chi connectivity index (χ4v) is 8.85. The highest BCUT2D eigenvalue weighted by Gasteiger charge is 2.65. The SMILES string of the molecule is COc1cc(-c2nc(C(F)(F)F)cn2C2CN(C)C2)ccc1CN1c2nc(-c3c(OC)ncnc3C3CC3)ncc2C2(CC2)S1(=O)=O. The van der Waals surface area contributed by atoms with Crippen molar-refractivity contribution in [2.45, 2.75) is 55.1 Å². The lowest BCUT2D eigenvalue weighted by atomic mass is 10.1. The van der Waals surface area contributed by atoms with Crippen LogP contribution in [-0.2, 0) is 27.5 Å². The zero-order chi connectivity index (χ0) is 32.9. The molecule has 2 aliphatic carbocycles. The summed E-state index contributed by atoms with van der Waals surface area (Å²) >= 11 is 0. The highest BCUT2D eigenvalue weighted by atomic mass is 32.2. The number of likely N-dealkylation sites (N-methyl/N-ethyl adjacent to an activating group) is 1. The van der Waals surface area contributed by atoms with Crippen molar-refractivity contribution in [3.05, 3.63) is 59.4 Å². The monoisotopic (exact) mass is 668 g/mol. The Bertz CT molecular complexity index is 2020. The molecule has 1 aromatic carbocycles. The molecule has 0 atom stereocenters. The van der Waals surface area contributed by atoms with Crippen LogP contribution in [-0.4, -0.2) is 77.2 Å². The van der Waals surface area contributed by atoms with E-state index in [4.69, 9.17) is 14.5 Å². The molecule has 8 rings (SSSR count). The predicted octanol–water partition coefficient (Wildman–Crippen LogP) is 4.54. The molecule has 3 fully saturated rings. The number of fused-ring (bicyclic) bond motifs is 2. The number of hydrogen-bond acceptors (Lipinski definition) is 10. The number of benzene rings is 1. The number of hydrogen-bond donors (Lipinski definition) is 0. The average molecular weight is 669 g/mol. The van der Waals surface area contributed by atoms with E-state index in [9.17, 15) is 21.6 Å². The molecule has 16 heteroatoms. The molecule has 1 spiro atoms. The molecular weight excluding hydrogens is 637 g/mol. The maximum absolute atomic E-state index is 14.1. The minimum atomic E-state index is -4.61. The van der Waals surface area contributed by atoms with E-state index in [2.05, 4.69) is 19.9 Å². The second-order valence-corrected chi connectivity index (χ2v) is 14.8. The normalized spacial score (nSPS) is 19.9. The summed E-state index contributed by atoms with van der Waals surface area (Å²) in [5.74, 6) is 1.56. The third-order valence-electron chi connectivity index (χ3n) is 9.53. The highest BCUT2D eigenvalue weighted by Crippen LogP contribution is 2.61. The van der Waals surface area contributed by atoms with Crippen LogP contribution in [0.3, 0.4) is 0 Å². The third-order valence-corrected chi connectivity index (χ3v) is 12.0.